The molecule has 2 aliphatic rings. The Morgan fingerprint density at radius 1 is 1.16 bits per heavy atom. The van der Waals surface area contributed by atoms with Crippen LogP contribution in [-0.4, -0.2) is 59.2 Å². The maximum absolute atomic E-state index is 13.2. The fraction of sp³-hybridized carbons (Fsp3) is 0.435. The number of hydrogen-bond donors (Lipinski definition) is 0. The summed E-state index contributed by atoms with van der Waals surface area (Å²) in [5.74, 6) is -0.207. The molecule has 4 heterocycles. The number of aromatic nitrogens is 2. The van der Waals surface area contributed by atoms with E-state index in [1.807, 2.05) is 42.2 Å². The molecule has 0 radical (unpaired) electrons. The molecule has 1 amide bonds. The van der Waals surface area contributed by atoms with Crippen LogP contribution in [0.4, 0.5) is 6.01 Å². The SMILES string of the molecule is Cc1ccn(CC2CCCO2)c(=O)c1C(=O)N1CCN(c2nc3ccccc3o2)CC1. The van der Waals surface area contributed by atoms with Crippen molar-refractivity contribution in [3.8, 4) is 0 Å². The smallest absolute Gasteiger partial charge is 0.298 e. The summed E-state index contributed by atoms with van der Waals surface area (Å²) >= 11 is 0. The minimum absolute atomic E-state index is 0.0446. The number of fused-ring (bicyclic) bond motifs is 1. The number of carbonyl (C=O) groups is 1. The van der Waals surface area contributed by atoms with E-state index in [2.05, 4.69) is 4.98 Å². The largest absolute Gasteiger partial charge is 0.423 e. The summed E-state index contributed by atoms with van der Waals surface area (Å²) in [6, 6.07) is 10.1. The Morgan fingerprint density at radius 2 is 1.97 bits per heavy atom. The highest BCUT2D eigenvalue weighted by Crippen LogP contribution is 2.23. The zero-order valence-corrected chi connectivity index (χ0v) is 17.6. The third-order valence-corrected chi connectivity index (χ3v) is 6.13. The maximum Gasteiger partial charge on any atom is 0.298 e. The molecule has 2 fully saturated rings. The highest BCUT2D eigenvalue weighted by atomic mass is 16.5. The molecule has 3 aromatic rings. The van der Waals surface area contributed by atoms with Crippen LogP contribution in [0, 0.1) is 6.92 Å². The number of benzene rings is 1. The van der Waals surface area contributed by atoms with E-state index in [1.54, 1.807) is 15.7 Å². The first-order valence-electron chi connectivity index (χ1n) is 10.8. The van der Waals surface area contributed by atoms with E-state index in [0.717, 1.165) is 30.5 Å². The third kappa shape index (κ3) is 3.83. The Hall–Kier alpha value is -3.13. The van der Waals surface area contributed by atoms with Gasteiger partial charge in [0.25, 0.3) is 17.5 Å². The van der Waals surface area contributed by atoms with Crippen LogP contribution in [-0.2, 0) is 11.3 Å². The van der Waals surface area contributed by atoms with Crippen molar-refractivity contribution in [2.45, 2.75) is 32.4 Å². The van der Waals surface area contributed by atoms with Crippen molar-refractivity contribution in [2.75, 3.05) is 37.7 Å². The summed E-state index contributed by atoms with van der Waals surface area (Å²) in [6.45, 7) is 5.28. The maximum atomic E-state index is 13.2. The summed E-state index contributed by atoms with van der Waals surface area (Å²) in [7, 11) is 0. The number of nitrogens with zero attached hydrogens (tertiary/aromatic N) is 4. The molecule has 1 unspecified atom stereocenters. The van der Waals surface area contributed by atoms with E-state index in [-0.39, 0.29) is 23.1 Å². The lowest BCUT2D eigenvalue weighted by molar-refractivity contribution is 0.0738. The second-order valence-electron chi connectivity index (χ2n) is 8.21. The number of oxazole rings is 1. The predicted molar refractivity (Wildman–Crippen MR) is 117 cm³/mol. The van der Waals surface area contributed by atoms with E-state index < -0.39 is 0 Å². The minimum atomic E-state index is -0.234. The summed E-state index contributed by atoms with van der Waals surface area (Å²) in [6.07, 6.45) is 3.77. The molecule has 162 valence electrons. The Kier molecular flexibility index (Phi) is 5.23. The van der Waals surface area contributed by atoms with Crippen molar-refractivity contribution in [2.24, 2.45) is 0 Å². The molecule has 8 nitrogen and oxygen atoms in total. The molecule has 0 saturated carbocycles. The Morgan fingerprint density at radius 3 is 2.71 bits per heavy atom. The lowest BCUT2D eigenvalue weighted by Crippen LogP contribution is -2.50. The van der Waals surface area contributed by atoms with Gasteiger partial charge in [-0.25, -0.2) is 0 Å². The van der Waals surface area contributed by atoms with Crippen LogP contribution in [0.1, 0.15) is 28.8 Å². The third-order valence-electron chi connectivity index (χ3n) is 6.13. The first kappa shape index (κ1) is 19.8. The van der Waals surface area contributed by atoms with Gasteiger partial charge in [0.05, 0.1) is 12.6 Å². The normalized spacial score (nSPS) is 19.3. The average Bonchev–Trinajstić information content (AvgIpc) is 3.45. The van der Waals surface area contributed by atoms with Gasteiger partial charge in [0.1, 0.15) is 11.1 Å². The molecular formula is C23H26N4O4. The van der Waals surface area contributed by atoms with E-state index >= 15 is 0 Å². The number of aryl methyl sites for hydroxylation is 1. The second kappa shape index (κ2) is 8.19. The molecule has 0 spiro atoms. The quantitative estimate of drug-likeness (QED) is 0.643. The summed E-state index contributed by atoms with van der Waals surface area (Å²) in [4.78, 5) is 34.6. The zero-order valence-electron chi connectivity index (χ0n) is 17.6. The van der Waals surface area contributed by atoms with E-state index in [4.69, 9.17) is 9.15 Å². The molecular weight excluding hydrogens is 396 g/mol. The fourth-order valence-electron chi connectivity index (χ4n) is 4.33. The van der Waals surface area contributed by atoms with Crippen LogP contribution in [0.15, 0.2) is 45.7 Å². The van der Waals surface area contributed by atoms with Gasteiger partial charge in [0, 0.05) is 39.0 Å². The van der Waals surface area contributed by atoms with Gasteiger partial charge in [0.15, 0.2) is 5.58 Å². The minimum Gasteiger partial charge on any atom is -0.423 e. The van der Waals surface area contributed by atoms with Crippen molar-refractivity contribution in [1.29, 1.82) is 0 Å². The number of anilines is 1. The highest BCUT2D eigenvalue weighted by molar-refractivity contribution is 5.95. The number of amides is 1. The van der Waals surface area contributed by atoms with Gasteiger partial charge in [-0.2, -0.15) is 4.98 Å². The molecule has 1 atom stereocenters. The number of piperazine rings is 1. The van der Waals surface area contributed by atoms with E-state index in [9.17, 15) is 9.59 Å². The van der Waals surface area contributed by atoms with Gasteiger partial charge >= 0.3 is 0 Å². The average molecular weight is 422 g/mol. The highest BCUT2D eigenvalue weighted by Gasteiger charge is 2.28. The van der Waals surface area contributed by atoms with Gasteiger partial charge in [-0.1, -0.05) is 12.1 Å². The first-order chi connectivity index (χ1) is 15.1. The zero-order chi connectivity index (χ0) is 21.4. The number of para-hydroxylation sites is 2. The molecule has 0 bridgehead atoms. The van der Waals surface area contributed by atoms with Crippen molar-refractivity contribution < 1.29 is 13.9 Å². The van der Waals surface area contributed by atoms with Crippen molar-refractivity contribution in [3.63, 3.8) is 0 Å². The fourth-order valence-corrected chi connectivity index (χ4v) is 4.33. The number of carbonyl (C=O) groups excluding carboxylic acids is 1. The summed E-state index contributed by atoms with van der Waals surface area (Å²) in [5.41, 5.74) is 2.31. The number of ether oxygens (including phenoxy) is 1. The Balaban J connectivity index is 1.30. The summed E-state index contributed by atoms with van der Waals surface area (Å²) < 4.78 is 13.1. The van der Waals surface area contributed by atoms with Crippen LogP contribution < -0.4 is 10.5 Å². The van der Waals surface area contributed by atoms with Gasteiger partial charge in [0.2, 0.25) is 0 Å². The van der Waals surface area contributed by atoms with E-state index in [1.165, 1.54) is 0 Å². The van der Waals surface area contributed by atoms with Crippen LogP contribution >= 0.6 is 0 Å². The predicted octanol–water partition coefficient (Wildman–Crippen LogP) is 2.44. The van der Waals surface area contributed by atoms with Gasteiger partial charge in [-0.3, -0.25) is 9.59 Å². The molecule has 31 heavy (non-hydrogen) atoms. The standard InChI is InChI=1S/C23H26N4O4/c1-16-8-9-27(15-17-5-4-14-30-17)22(29)20(16)21(28)25-10-12-26(13-11-25)23-24-18-6-2-3-7-19(18)31-23/h2-3,6-9,17H,4-5,10-15H2,1H3. The van der Waals surface area contributed by atoms with Crippen LogP contribution in [0.5, 0.6) is 0 Å². The number of pyridine rings is 1. The monoisotopic (exact) mass is 422 g/mol. The molecule has 0 aliphatic carbocycles. The molecule has 8 heteroatoms. The summed E-state index contributed by atoms with van der Waals surface area (Å²) in [5, 5.41) is 0. The van der Waals surface area contributed by atoms with E-state index in [0.29, 0.717) is 44.3 Å². The van der Waals surface area contributed by atoms with Crippen molar-refractivity contribution in [3.05, 3.63) is 58.0 Å². The molecule has 5 rings (SSSR count). The van der Waals surface area contributed by atoms with Crippen LogP contribution in [0.25, 0.3) is 11.1 Å². The lowest BCUT2D eigenvalue weighted by atomic mass is 10.1. The molecule has 2 saturated heterocycles. The van der Waals surface area contributed by atoms with Gasteiger partial charge in [-0.05, 0) is 43.5 Å². The van der Waals surface area contributed by atoms with Gasteiger partial charge in [-0.15, -0.1) is 0 Å². The number of rotatable bonds is 4. The Bertz CT molecular complexity index is 1120. The van der Waals surface area contributed by atoms with Crippen molar-refractivity contribution in [1.82, 2.24) is 14.5 Å². The molecule has 0 N–H and O–H groups in total. The van der Waals surface area contributed by atoms with Crippen LogP contribution in [0.3, 0.4) is 0 Å². The Labute approximate surface area is 180 Å². The molecule has 2 aliphatic heterocycles. The second-order valence-corrected chi connectivity index (χ2v) is 8.21. The first-order valence-corrected chi connectivity index (χ1v) is 10.8. The van der Waals surface area contributed by atoms with Crippen LogP contribution in [0.2, 0.25) is 0 Å². The number of hydrogen-bond acceptors (Lipinski definition) is 6. The van der Waals surface area contributed by atoms with Gasteiger partial charge < -0.3 is 23.5 Å². The topological polar surface area (TPSA) is 80.8 Å². The van der Waals surface area contributed by atoms with Crippen molar-refractivity contribution >= 4 is 23.0 Å². The molecule has 1 aromatic carbocycles. The lowest BCUT2D eigenvalue weighted by Gasteiger charge is -2.34. The molecule has 2 aromatic heterocycles.